The second-order valence-electron chi connectivity index (χ2n) is 4.36. The van der Waals surface area contributed by atoms with E-state index in [1.165, 1.54) is 12.0 Å². The summed E-state index contributed by atoms with van der Waals surface area (Å²) in [7, 11) is 1.90. The van der Waals surface area contributed by atoms with E-state index in [0.29, 0.717) is 6.04 Å². The Labute approximate surface area is 98.9 Å². The Morgan fingerprint density at radius 2 is 2.19 bits per heavy atom. The molecule has 1 N–H and O–H groups in total. The fourth-order valence-electron chi connectivity index (χ4n) is 1.75. The lowest BCUT2D eigenvalue weighted by molar-refractivity contribution is 0.213. The summed E-state index contributed by atoms with van der Waals surface area (Å²) in [6.45, 7) is 8.87. The van der Waals surface area contributed by atoms with Crippen LogP contribution in [0.4, 0.5) is 5.82 Å². The number of nitrogens with zero attached hydrogens (tertiary/aromatic N) is 2. The van der Waals surface area contributed by atoms with Gasteiger partial charge in [0.15, 0.2) is 0 Å². The molecule has 0 aliphatic carbocycles. The van der Waals surface area contributed by atoms with Crippen LogP contribution in [-0.4, -0.2) is 29.5 Å². The van der Waals surface area contributed by atoms with E-state index >= 15 is 0 Å². The fourth-order valence-corrected chi connectivity index (χ4v) is 1.75. The van der Waals surface area contributed by atoms with E-state index in [4.69, 9.17) is 0 Å². The molecular weight excluding hydrogens is 198 g/mol. The zero-order valence-corrected chi connectivity index (χ0v) is 10.8. The van der Waals surface area contributed by atoms with E-state index in [2.05, 4.69) is 48.1 Å². The summed E-state index contributed by atoms with van der Waals surface area (Å²) in [5.41, 5.74) is 1.32. The Balaban J connectivity index is 2.68. The predicted molar refractivity (Wildman–Crippen MR) is 69.6 cm³/mol. The maximum absolute atomic E-state index is 4.23. The second-order valence-corrected chi connectivity index (χ2v) is 4.36. The van der Waals surface area contributed by atoms with Gasteiger partial charge in [-0.25, -0.2) is 4.98 Å². The van der Waals surface area contributed by atoms with Crippen LogP contribution in [0.5, 0.6) is 0 Å². The van der Waals surface area contributed by atoms with Gasteiger partial charge in [0.2, 0.25) is 0 Å². The molecule has 0 atom stereocenters. The maximum atomic E-state index is 4.23. The van der Waals surface area contributed by atoms with Crippen molar-refractivity contribution in [2.24, 2.45) is 0 Å². The van der Waals surface area contributed by atoms with E-state index in [1.54, 1.807) is 0 Å². The van der Waals surface area contributed by atoms with Gasteiger partial charge in [0.25, 0.3) is 0 Å². The lowest BCUT2D eigenvalue weighted by Crippen LogP contribution is -2.31. The van der Waals surface area contributed by atoms with Crippen molar-refractivity contribution in [3.05, 3.63) is 23.9 Å². The molecule has 0 aromatic carbocycles. The van der Waals surface area contributed by atoms with E-state index < -0.39 is 0 Å². The number of pyridine rings is 1. The summed E-state index contributed by atoms with van der Waals surface area (Å²) in [5.74, 6) is 0.942. The minimum atomic E-state index is 0.589. The SMILES string of the molecule is CCCN(Cc1ccnc(NC)c1)C(C)C. The maximum Gasteiger partial charge on any atom is 0.125 e. The molecule has 16 heavy (non-hydrogen) atoms. The first-order valence-electron chi connectivity index (χ1n) is 6.04. The number of hydrogen-bond donors (Lipinski definition) is 1. The minimum absolute atomic E-state index is 0.589. The highest BCUT2D eigenvalue weighted by Crippen LogP contribution is 2.11. The highest BCUT2D eigenvalue weighted by molar-refractivity contribution is 5.36. The van der Waals surface area contributed by atoms with Crippen molar-refractivity contribution in [1.82, 2.24) is 9.88 Å². The van der Waals surface area contributed by atoms with Gasteiger partial charge in [0, 0.05) is 25.8 Å². The van der Waals surface area contributed by atoms with Crippen LogP contribution in [0.25, 0.3) is 0 Å². The molecule has 1 rings (SSSR count). The highest BCUT2D eigenvalue weighted by Gasteiger charge is 2.09. The summed E-state index contributed by atoms with van der Waals surface area (Å²) in [6.07, 6.45) is 3.06. The van der Waals surface area contributed by atoms with Gasteiger partial charge in [0.1, 0.15) is 5.82 Å². The number of anilines is 1. The topological polar surface area (TPSA) is 28.2 Å². The molecule has 0 aliphatic rings. The van der Waals surface area contributed by atoms with Crippen LogP contribution in [0.15, 0.2) is 18.3 Å². The monoisotopic (exact) mass is 221 g/mol. The molecule has 0 unspecified atom stereocenters. The van der Waals surface area contributed by atoms with Crippen LogP contribution in [0.1, 0.15) is 32.8 Å². The number of nitrogens with one attached hydrogen (secondary N) is 1. The Hall–Kier alpha value is -1.09. The Kier molecular flexibility index (Phi) is 5.26. The predicted octanol–water partition coefficient (Wildman–Crippen LogP) is 2.74. The van der Waals surface area contributed by atoms with Crippen molar-refractivity contribution in [1.29, 1.82) is 0 Å². The van der Waals surface area contributed by atoms with Crippen molar-refractivity contribution in [3.63, 3.8) is 0 Å². The van der Waals surface area contributed by atoms with Crippen LogP contribution in [0.2, 0.25) is 0 Å². The fraction of sp³-hybridized carbons (Fsp3) is 0.615. The molecule has 0 bridgehead atoms. The molecule has 0 aliphatic heterocycles. The average molecular weight is 221 g/mol. The first-order valence-corrected chi connectivity index (χ1v) is 6.04. The Morgan fingerprint density at radius 1 is 1.44 bits per heavy atom. The molecule has 0 saturated carbocycles. The lowest BCUT2D eigenvalue weighted by atomic mass is 10.2. The lowest BCUT2D eigenvalue weighted by Gasteiger charge is -2.26. The molecule has 0 amide bonds. The van der Waals surface area contributed by atoms with Gasteiger partial charge in [-0.05, 0) is 44.5 Å². The van der Waals surface area contributed by atoms with Crippen LogP contribution in [0.3, 0.4) is 0 Å². The van der Waals surface area contributed by atoms with Gasteiger partial charge in [0.05, 0.1) is 0 Å². The minimum Gasteiger partial charge on any atom is -0.373 e. The molecule has 0 saturated heterocycles. The van der Waals surface area contributed by atoms with Gasteiger partial charge in [-0.2, -0.15) is 0 Å². The average Bonchev–Trinajstić information content (AvgIpc) is 2.28. The third kappa shape index (κ3) is 3.81. The Bertz CT molecular complexity index is 310. The van der Waals surface area contributed by atoms with Crippen molar-refractivity contribution in [2.45, 2.75) is 39.8 Å². The zero-order chi connectivity index (χ0) is 12.0. The third-order valence-corrected chi connectivity index (χ3v) is 2.71. The molecule has 1 heterocycles. The van der Waals surface area contributed by atoms with Gasteiger partial charge < -0.3 is 5.32 Å². The smallest absolute Gasteiger partial charge is 0.125 e. The molecule has 0 spiro atoms. The normalized spacial score (nSPS) is 11.1. The van der Waals surface area contributed by atoms with Crippen LogP contribution >= 0.6 is 0 Å². The van der Waals surface area contributed by atoms with Crippen molar-refractivity contribution < 1.29 is 0 Å². The molecule has 0 fully saturated rings. The van der Waals surface area contributed by atoms with Crippen LogP contribution in [-0.2, 0) is 6.54 Å². The summed E-state index contributed by atoms with van der Waals surface area (Å²) in [5, 5.41) is 3.07. The summed E-state index contributed by atoms with van der Waals surface area (Å²) in [6, 6.07) is 4.79. The van der Waals surface area contributed by atoms with Crippen molar-refractivity contribution in [3.8, 4) is 0 Å². The third-order valence-electron chi connectivity index (χ3n) is 2.71. The standard InChI is InChI=1S/C13H23N3/c1-5-8-16(11(2)3)10-12-6-7-15-13(9-12)14-4/h6-7,9,11H,5,8,10H2,1-4H3,(H,14,15). The van der Waals surface area contributed by atoms with Crippen molar-refractivity contribution >= 4 is 5.82 Å². The number of aromatic nitrogens is 1. The molecular formula is C13H23N3. The van der Waals surface area contributed by atoms with Crippen LogP contribution < -0.4 is 5.32 Å². The summed E-state index contributed by atoms with van der Waals surface area (Å²) < 4.78 is 0. The quantitative estimate of drug-likeness (QED) is 0.800. The highest BCUT2D eigenvalue weighted by atomic mass is 15.1. The molecule has 90 valence electrons. The molecule has 3 heteroatoms. The zero-order valence-electron chi connectivity index (χ0n) is 10.8. The molecule has 1 aromatic heterocycles. The van der Waals surface area contributed by atoms with E-state index in [9.17, 15) is 0 Å². The first kappa shape index (κ1) is 13.0. The van der Waals surface area contributed by atoms with Gasteiger partial charge >= 0.3 is 0 Å². The van der Waals surface area contributed by atoms with Crippen LogP contribution in [0, 0.1) is 0 Å². The number of rotatable bonds is 6. The summed E-state index contributed by atoms with van der Waals surface area (Å²) in [4.78, 5) is 6.71. The first-order chi connectivity index (χ1) is 7.67. The Morgan fingerprint density at radius 3 is 2.75 bits per heavy atom. The largest absolute Gasteiger partial charge is 0.373 e. The molecule has 3 nitrogen and oxygen atoms in total. The van der Waals surface area contributed by atoms with E-state index in [-0.39, 0.29) is 0 Å². The molecule has 0 radical (unpaired) electrons. The number of hydrogen-bond acceptors (Lipinski definition) is 3. The summed E-state index contributed by atoms with van der Waals surface area (Å²) >= 11 is 0. The van der Waals surface area contributed by atoms with E-state index in [0.717, 1.165) is 18.9 Å². The van der Waals surface area contributed by atoms with E-state index in [1.807, 2.05) is 13.2 Å². The van der Waals surface area contributed by atoms with Gasteiger partial charge in [-0.3, -0.25) is 4.90 Å². The van der Waals surface area contributed by atoms with Gasteiger partial charge in [-0.15, -0.1) is 0 Å². The molecule has 1 aromatic rings. The second kappa shape index (κ2) is 6.48. The van der Waals surface area contributed by atoms with Gasteiger partial charge in [-0.1, -0.05) is 6.92 Å². The van der Waals surface area contributed by atoms with Crippen molar-refractivity contribution in [2.75, 3.05) is 18.9 Å².